The lowest BCUT2D eigenvalue weighted by molar-refractivity contribution is -0.118. The fourth-order valence-corrected chi connectivity index (χ4v) is 3.19. The molecule has 0 radical (unpaired) electrons. The summed E-state index contributed by atoms with van der Waals surface area (Å²) in [5, 5.41) is 0. The predicted molar refractivity (Wildman–Crippen MR) is 98.4 cm³/mol. The van der Waals surface area contributed by atoms with Crippen molar-refractivity contribution in [2.75, 3.05) is 18.1 Å². The highest BCUT2D eigenvalue weighted by molar-refractivity contribution is 5.99. The molecule has 25 heavy (non-hydrogen) atoms. The van der Waals surface area contributed by atoms with E-state index in [-0.39, 0.29) is 11.7 Å². The van der Waals surface area contributed by atoms with Gasteiger partial charge >= 0.3 is 0 Å². The summed E-state index contributed by atoms with van der Waals surface area (Å²) in [5.41, 5.74) is 3.63. The molecule has 1 aliphatic rings. The van der Waals surface area contributed by atoms with Gasteiger partial charge in [-0.15, -0.1) is 0 Å². The molecule has 0 spiro atoms. The van der Waals surface area contributed by atoms with E-state index in [4.69, 9.17) is 4.74 Å². The third-order valence-electron chi connectivity index (χ3n) is 4.50. The molecular formula is C21H23NO3. The average molecular weight is 337 g/mol. The highest BCUT2D eigenvalue weighted by Gasteiger charge is 2.23. The van der Waals surface area contributed by atoms with Crippen LogP contribution < -0.4 is 9.64 Å². The van der Waals surface area contributed by atoms with Crippen molar-refractivity contribution in [2.45, 2.75) is 33.1 Å². The zero-order valence-corrected chi connectivity index (χ0v) is 14.7. The van der Waals surface area contributed by atoms with Gasteiger partial charge in [0.05, 0.1) is 13.0 Å². The molecule has 0 fully saturated rings. The molecule has 0 atom stereocenters. The molecule has 1 aliphatic heterocycles. The average Bonchev–Trinajstić information content (AvgIpc) is 2.62. The van der Waals surface area contributed by atoms with Crippen LogP contribution in [-0.2, 0) is 17.6 Å². The summed E-state index contributed by atoms with van der Waals surface area (Å²) in [6.07, 6.45) is 2.23. The second-order valence-electron chi connectivity index (χ2n) is 6.30. The van der Waals surface area contributed by atoms with Crippen LogP contribution in [0.2, 0.25) is 0 Å². The molecule has 0 saturated carbocycles. The summed E-state index contributed by atoms with van der Waals surface area (Å²) < 4.78 is 5.44. The maximum Gasteiger partial charge on any atom is 0.231 e. The third-order valence-corrected chi connectivity index (χ3v) is 4.50. The Morgan fingerprint density at radius 3 is 2.56 bits per heavy atom. The molecule has 2 aromatic carbocycles. The number of nitrogens with zero attached hydrogens (tertiary/aromatic N) is 1. The number of carbonyl (C=O) groups is 2. The molecule has 0 aromatic heterocycles. The van der Waals surface area contributed by atoms with E-state index in [1.807, 2.05) is 54.3 Å². The molecule has 4 nitrogen and oxygen atoms in total. The van der Waals surface area contributed by atoms with E-state index in [0.717, 1.165) is 35.4 Å². The van der Waals surface area contributed by atoms with E-state index in [0.29, 0.717) is 25.1 Å². The molecule has 0 N–H and O–H groups in total. The molecule has 130 valence electrons. The number of hydrogen-bond donors (Lipinski definition) is 0. The number of ketones is 1. The van der Waals surface area contributed by atoms with Gasteiger partial charge in [0.15, 0.2) is 5.78 Å². The Bertz CT molecular complexity index is 780. The van der Waals surface area contributed by atoms with Crippen molar-refractivity contribution in [3.8, 4) is 5.75 Å². The number of aryl methyl sites for hydroxylation is 1. The van der Waals surface area contributed by atoms with Gasteiger partial charge in [0, 0.05) is 17.8 Å². The number of Topliss-reactive ketones (excluding diaryl/α,β-unsaturated/α-hetero) is 1. The van der Waals surface area contributed by atoms with Crippen LogP contribution in [0, 0.1) is 0 Å². The summed E-state index contributed by atoms with van der Waals surface area (Å²) in [6.45, 7) is 4.82. The number of rotatable bonds is 5. The molecule has 4 heteroatoms. The number of benzene rings is 2. The Labute approximate surface area is 148 Å². The number of fused-ring (bicyclic) bond motifs is 1. The Kier molecular flexibility index (Phi) is 5.17. The zero-order valence-electron chi connectivity index (χ0n) is 14.7. The first-order valence-corrected chi connectivity index (χ1v) is 8.74. The fourth-order valence-electron chi connectivity index (χ4n) is 3.19. The standard InChI is InChI=1S/C21H23NO3/c1-3-25-19-10-6-16(7-11-19)13-21(24)22-12-4-5-17-8-9-18(15(2)23)14-20(17)22/h6-11,14H,3-5,12-13H2,1-2H3. The van der Waals surface area contributed by atoms with Crippen molar-refractivity contribution in [1.82, 2.24) is 0 Å². The monoisotopic (exact) mass is 337 g/mol. The van der Waals surface area contributed by atoms with E-state index in [1.165, 1.54) is 0 Å². The number of hydrogen-bond acceptors (Lipinski definition) is 3. The van der Waals surface area contributed by atoms with Crippen LogP contribution in [0.5, 0.6) is 5.75 Å². The number of amides is 1. The van der Waals surface area contributed by atoms with Gasteiger partial charge < -0.3 is 9.64 Å². The van der Waals surface area contributed by atoms with Gasteiger partial charge in [-0.1, -0.05) is 24.3 Å². The first kappa shape index (κ1) is 17.2. The van der Waals surface area contributed by atoms with Crippen LogP contribution in [0.1, 0.15) is 41.8 Å². The molecule has 1 heterocycles. The van der Waals surface area contributed by atoms with E-state index in [9.17, 15) is 9.59 Å². The highest BCUT2D eigenvalue weighted by atomic mass is 16.5. The summed E-state index contributed by atoms with van der Waals surface area (Å²) in [7, 11) is 0. The van der Waals surface area contributed by atoms with Crippen molar-refractivity contribution >= 4 is 17.4 Å². The van der Waals surface area contributed by atoms with Crippen molar-refractivity contribution < 1.29 is 14.3 Å². The first-order chi connectivity index (χ1) is 12.1. The maximum absolute atomic E-state index is 12.8. The Morgan fingerprint density at radius 2 is 1.88 bits per heavy atom. The number of ether oxygens (including phenoxy) is 1. The second-order valence-corrected chi connectivity index (χ2v) is 6.30. The van der Waals surface area contributed by atoms with Crippen LogP contribution in [-0.4, -0.2) is 24.8 Å². The number of anilines is 1. The Balaban J connectivity index is 1.79. The minimum Gasteiger partial charge on any atom is -0.494 e. The lowest BCUT2D eigenvalue weighted by atomic mass is 9.97. The SMILES string of the molecule is CCOc1ccc(CC(=O)N2CCCc3ccc(C(C)=O)cc32)cc1. The maximum atomic E-state index is 12.8. The van der Waals surface area contributed by atoms with Crippen molar-refractivity contribution in [1.29, 1.82) is 0 Å². The van der Waals surface area contributed by atoms with Gasteiger partial charge in [-0.25, -0.2) is 0 Å². The quantitative estimate of drug-likeness (QED) is 0.780. The summed E-state index contributed by atoms with van der Waals surface area (Å²) in [4.78, 5) is 26.3. The molecule has 1 amide bonds. The van der Waals surface area contributed by atoms with Crippen LogP contribution in [0.3, 0.4) is 0 Å². The molecule has 0 bridgehead atoms. The summed E-state index contributed by atoms with van der Waals surface area (Å²) in [6, 6.07) is 13.3. The molecular weight excluding hydrogens is 314 g/mol. The zero-order chi connectivity index (χ0) is 17.8. The number of carbonyl (C=O) groups excluding carboxylic acids is 2. The van der Waals surface area contributed by atoms with Crippen molar-refractivity contribution in [2.24, 2.45) is 0 Å². The van der Waals surface area contributed by atoms with Gasteiger partial charge in [0.1, 0.15) is 5.75 Å². The largest absolute Gasteiger partial charge is 0.494 e. The van der Waals surface area contributed by atoms with Crippen molar-refractivity contribution in [3.63, 3.8) is 0 Å². The van der Waals surface area contributed by atoms with Crippen LogP contribution in [0.15, 0.2) is 42.5 Å². The summed E-state index contributed by atoms with van der Waals surface area (Å²) >= 11 is 0. The van der Waals surface area contributed by atoms with Crippen LogP contribution >= 0.6 is 0 Å². The predicted octanol–water partition coefficient (Wildman–Crippen LogP) is 3.81. The normalized spacial score (nSPS) is 13.3. The van der Waals surface area contributed by atoms with Gasteiger partial charge in [-0.2, -0.15) is 0 Å². The van der Waals surface area contributed by atoms with E-state index < -0.39 is 0 Å². The molecule has 2 aromatic rings. The Hall–Kier alpha value is -2.62. The van der Waals surface area contributed by atoms with E-state index in [1.54, 1.807) is 6.92 Å². The van der Waals surface area contributed by atoms with Crippen molar-refractivity contribution in [3.05, 3.63) is 59.2 Å². The fraction of sp³-hybridized carbons (Fsp3) is 0.333. The van der Waals surface area contributed by atoms with Gasteiger partial charge in [-0.3, -0.25) is 9.59 Å². The lowest BCUT2D eigenvalue weighted by Crippen LogP contribution is -2.36. The highest BCUT2D eigenvalue weighted by Crippen LogP contribution is 2.29. The molecule has 0 unspecified atom stereocenters. The molecule has 0 aliphatic carbocycles. The third kappa shape index (κ3) is 3.90. The lowest BCUT2D eigenvalue weighted by Gasteiger charge is -2.30. The van der Waals surface area contributed by atoms with Crippen LogP contribution in [0.4, 0.5) is 5.69 Å². The molecule has 0 saturated heterocycles. The van der Waals surface area contributed by atoms with E-state index >= 15 is 0 Å². The molecule has 3 rings (SSSR count). The van der Waals surface area contributed by atoms with Gasteiger partial charge in [-0.05, 0) is 56.0 Å². The minimum absolute atomic E-state index is 0.0206. The second kappa shape index (κ2) is 7.51. The van der Waals surface area contributed by atoms with Crippen LogP contribution in [0.25, 0.3) is 0 Å². The van der Waals surface area contributed by atoms with Gasteiger partial charge in [0.25, 0.3) is 0 Å². The first-order valence-electron chi connectivity index (χ1n) is 8.74. The van der Waals surface area contributed by atoms with E-state index in [2.05, 4.69) is 0 Å². The minimum atomic E-state index is 0.0206. The topological polar surface area (TPSA) is 46.6 Å². The summed E-state index contributed by atoms with van der Waals surface area (Å²) in [5.74, 6) is 0.895. The smallest absolute Gasteiger partial charge is 0.231 e. The van der Waals surface area contributed by atoms with Gasteiger partial charge in [0.2, 0.25) is 5.91 Å². The Morgan fingerprint density at radius 1 is 1.12 bits per heavy atom.